The molecule has 2 heteroatoms. The van der Waals surface area contributed by atoms with E-state index >= 15 is 0 Å². The predicted octanol–water partition coefficient (Wildman–Crippen LogP) is 4.29. The summed E-state index contributed by atoms with van der Waals surface area (Å²) in [5, 5.41) is 5.77. The van der Waals surface area contributed by atoms with Crippen LogP contribution in [0.25, 0.3) is 0 Å². The van der Waals surface area contributed by atoms with Gasteiger partial charge in [0, 0.05) is 10.9 Å². The molecule has 1 saturated carbocycles. The summed E-state index contributed by atoms with van der Waals surface area (Å²) in [6.45, 7) is 2.19. The molecular weight excluding hydrogens is 214 g/mol. The molecule has 1 nitrogen and oxygen atoms in total. The third kappa shape index (κ3) is 3.08. The van der Waals surface area contributed by atoms with E-state index in [0.717, 1.165) is 5.92 Å². The van der Waals surface area contributed by atoms with Crippen molar-refractivity contribution in [1.82, 2.24) is 5.32 Å². The van der Waals surface area contributed by atoms with Crippen molar-refractivity contribution < 1.29 is 0 Å². The Kier molecular flexibility index (Phi) is 4.42. The Morgan fingerprint density at radius 1 is 1.44 bits per heavy atom. The smallest absolute Gasteiger partial charge is 0.0325 e. The van der Waals surface area contributed by atoms with Gasteiger partial charge in [0.25, 0.3) is 0 Å². The first-order valence-electron chi connectivity index (χ1n) is 6.52. The Balaban J connectivity index is 1.85. The van der Waals surface area contributed by atoms with E-state index in [1.165, 1.54) is 49.0 Å². The molecule has 0 spiro atoms. The van der Waals surface area contributed by atoms with Crippen molar-refractivity contribution in [2.45, 2.75) is 51.5 Å². The predicted molar refractivity (Wildman–Crippen MR) is 72.0 cm³/mol. The van der Waals surface area contributed by atoms with Gasteiger partial charge in [-0.15, -0.1) is 11.3 Å². The zero-order chi connectivity index (χ0) is 11.4. The third-order valence-electron chi connectivity index (χ3n) is 3.84. The molecule has 90 valence electrons. The van der Waals surface area contributed by atoms with Crippen LogP contribution in [-0.2, 0) is 0 Å². The molecule has 0 saturated heterocycles. The molecule has 1 N–H and O–H groups in total. The number of rotatable bonds is 5. The number of nitrogens with one attached hydrogen (secondary N) is 1. The molecule has 0 aromatic carbocycles. The molecule has 1 aromatic heterocycles. The van der Waals surface area contributed by atoms with Gasteiger partial charge in [-0.1, -0.05) is 25.7 Å². The van der Waals surface area contributed by atoms with E-state index < -0.39 is 0 Å². The monoisotopic (exact) mass is 237 g/mol. The molecule has 1 unspecified atom stereocenters. The lowest BCUT2D eigenvalue weighted by Crippen LogP contribution is -2.16. The van der Waals surface area contributed by atoms with Crippen LogP contribution in [0.4, 0.5) is 0 Å². The van der Waals surface area contributed by atoms with Gasteiger partial charge in [0.2, 0.25) is 0 Å². The highest BCUT2D eigenvalue weighted by atomic mass is 32.1. The lowest BCUT2D eigenvalue weighted by atomic mass is 9.96. The lowest BCUT2D eigenvalue weighted by molar-refractivity contribution is 0.428. The molecule has 2 rings (SSSR count). The maximum absolute atomic E-state index is 3.46. The Labute approximate surface area is 103 Å². The van der Waals surface area contributed by atoms with Crippen LogP contribution < -0.4 is 5.32 Å². The summed E-state index contributed by atoms with van der Waals surface area (Å²) >= 11 is 1.87. The topological polar surface area (TPSA) is 12.0 Å². The third-order valence-corrected chi connectivity index (χ3v) is 4.72. The van der Waals surface area contributed by atoms with Crippen LogP contribution >= 0.6 is 11.3 Å². The van der Waals surface area contributed by atoms with Crippen LogP contribution in [0.15, 0.2) is 11.4 Å². The Morgan fingerprint density at radius 2 is 2.19 bits per heavy atom. The van der Waals surface area contributed by atoms with Gasteiger partial charge in [-0.25, -0.2) is 0 Å². The van der Waals surface area contributed by atoms with E-state index in [9.17, 15) is 0 Å². The summed E-state index contributed by atoms with van der Waals surface area (Å²) in [4.78, 5) is 1.43. The van der Waals surface area contributed by atoms with Crippen molar-refractivity contribution in [1.29, 1.82) is 0 Å². The summed E-state index contributed by atoms with van der Waals surface area (Å²) in [6.07, 6.45) is 8.58. The minimum atomic E-state index is 0.575. The van der Waals surface area contributed by atoms with Crippen molar-refractivity contribution in [3.63, 3.8) is 0 Å². The van der Waals surface area contributed by atoms with Gasteiger partial charge in [-0.3, -0.25) is 0 Å². The lowest BCUT2D eigenvalue weighted by Gasteiger charge is -2.17. The first-order chi connectivity index (χ1) is 7.79. The maximum Gasteiger partial charge on any atom is 0.0325 e. The van der Waals surface area contributed by atoms with Crippen LogP contribution in [0.2, 0.25) is 0 Å². The van der Waals surface area contributed by atoms with Gasteiger partial charge in [0.1, 0.15) is 0 Å². The van der Waals surface area contributed by atoms with E-state index in [-0.39, 0.29) is 0 Å². The van der Waals surface area contributed by atoms with Crippen molar-refractivity contribution in [2.24, 2.45) is 5.92 Å². The van der Waals surface area contributed by atoms with Gasteiger partial charge in [-0.05, 0) is 49.7 Å². The van der Waals surface area contributed by atoms with Crippen molar-refractivity contribution in [3.05, 3.63) is 21.9 Å². The molecule has 0 radical (unpaired) electrons. The number of aryl methyl sites for hydroxylation is 1. The summed E-state index contributed by atoms with van der Waals surface area (Å²) < 4.78 is 0. The summed E-state index contributed by atoms with van der Waals surface area (Å²) in [5.41, 5.74) is 1.49. The normalized spacial score (nSPS) is 19.1. The first-order valence-corrected chi connectivity index (χ1v) is 7.40. The molecule has 1 atom stereocenters. The Hall–Kier alpha value is -0.340. The molecular formula is C14H23NS. The van der Waals surface area contributed by atoms with Gasteiger partial charge in [-0.2, -0.15) is 0 Å². The second-order valence-electron chi connectivity index (χ2n) is 5.06. The standard InChI is InChI=1S/C14H23NS/c1-11-9-13(10-16-11)14(15-2)8-7-12-5-3-4-6-12/h9-10,12,14-15H,3-8H2,1-2H3. The number of hydrogen-bond acceptors (Lipinski definition) is 2. The van der Waals surface area contributed by atoms with Gasteiger partial charge in [0.15, 0.2) is 0 Å². The van der Waals surface area contributed by atoms with Crippen molar-refractivity contribution in [2.75, 3.05) is 7.05 Å². The van der Waals surface area contributed by atoms with Gasteiger partial charge in [0.05, 0.1) is 0 Å². The van der Waals surface area contributed by atoms with Crippen LogP contribution in [0.1, 0.15) is 55.0 Å². The van der Waals surface area contributed by atoms with Crippen LogP contribution in [0.5, 0.6) is 0 Å². The zero-order valence-electron chi connectivity index (χ0n) is 10.5. The van der Waals surface area contributed by atoms with E-state index in [2.05, 4.69) is 30.7 Å². The fraction of sp³-hybridized carbons (Fsp3) is 0.714. The van der Waals surface area contributed by atoms with Gasteiger partial charge >= 0.3 is 0 Å². The quantitative estimate of drug-likeness (QED) is 0.805. The minimum Gasteiger partial charge on any atom is -0.313 e. The zero-order valence-corrected chi connectivity index (χ0v) is 11.3. The molecule has 1 fully saturated rings. The fourth-order valence-corrected chi connectivity index (χ4v) is 3.58. The van der Waals surface area contributed by atoms with E-state index in [1.54, 1.807) is 0 Å². The highest BCUT2D eigenvalue weighted by Crippen LogP contribution is 2.32. The molecule has 1 aliphatic carbocycles. The van der Waals surface area contributed by atoms with E-state index in [0.29, 0.717) is 6.04 Å². The average molecular weight is 237 g/mol. The van der Waals surface area contributed by atoms with Gasteiger partial charge < -0.3 is 5.32 Å². The molecule has 16 heavy (non-hydrogen) atoms. The molecule has 1 aromatic rings. The summed E-state index contributed by atoms with van der Waals surface area (Å²) in [5.74, 6) is 1.01. The minimum absolute atomic E-state index is 0.575. The SMILES string of the molecule is CNC(CCC1CCCC1)c1csc(C)c1. The fourth-order valence-electron chi connectivity index (χ4n) is 2.83. The average Bonchev–Trinajstić information content (AvgIpc) is 2.91. The second-order valence-corrected chi connectivity index (χ2v) is 6.18. The molecule has 0 aliphatic heterocycles. The highest BCUT2D eigenvalue weighted by molar-refractivity contribution is 7.10. The summed E-state index contributed by atoms with van der Waals surface area (Å²) in [7, 11) is 2.09. The maximum atomic E-state index is 3.46. The Bertz CT molecular complexity index is 312. The molecule has 1 heterocycles. The largest absolute Gasteiger partial charge is 0.313 e. The van der Waals surface area contributed by atoms with Crippen molar-refractivity contribution in [3.8, 4) is 0 Å². The van der Waals surface area contributed by atoms with Crippen LogP contribution in [0.3, 0.4) is 0 Å². The summed E-state index contributed by atoms with van der Waals surface area (Å²) in [6, 6.07) is 2.91. The van der Waals surface area contributed by atoms with Crippen molar-refractivity contribution >= 4 is 11.3 Å². The molecule has 0 amide bonds. The van der Waals surface area contributed by atoms with Crippen LogP contribution in [-0.4, -0.2) is 7.05 Å². The Morgan fingerprint density at radius 3 is 2.75 bits per heavy atom. The number of hydrogen-bond donors (Lipinski definition) is 1. The highest BCUT2D eigenvalue weighted by Gasteiger charge is 2.17. The molecule has 0 bridgehead atoms. The van der Waals surface area contributed by atoms with Crippen LogP contribution in [0, 0.1) is 12.8 Å². The molecule has 1 aliphatic rings. The number of thiophene rings is 1. The van der Waals surface area contributed by atoms with E-state index in [1.807, 2.05) is 11.3 Å². The van der Waals surface area contributed by atoms with E-state index in [4.69, 9.17) is 0 Å². The first kappa shape index (κ1) is 12.1. The second kappa shape index (κ2) is 5.83.